The molecule has 8 heteroatoms. The molecule has 1 amide bonds. The second kappa shape index (κ2) is 9.73. The number of rotatable bonds is 4. The van der Waals surface area contributed by atoms with Crippen LogP contribution in [0.4, 0.5) is 11.8 Å². The largest absolute Gasteiger partial charge is 0.353 e. The zero-order valence-corrected chi connectivity index (χ0v) is 20.0. The maximum absolute atomic E-state index is 13.4. The van der Waals surface area contributed by atoms with E-state index in [0.717, 1.165) is 66.8 Å². The molecule has 2 aromatic heterocycles. The molecule has 0 spiro atoms. The summed E-state index contributed by atoms with van der Waals surface area (Å²) in [6.07, 6.45) is 5.93. The Labute approximate surface area is 210 Å². The summed E-state index contributed by atoms with van der Waals surface area (Å²) in [5.74, 6) is 1.74. The van der Waals surface area contributed by atoms with Crippen LogP contribution < -0.4 is 9.80 Å². The summed E-state index contributed by atoms with van der Waals surface area (Å²) in [5, 5.41) is 0. The maximum Gasteiger partial charge on any atom is 0.254 e. The smallest absolute Gasteiger partial charge is 0.254 e. The Morgan fingerprint density at radius 2 is 1.39 bits per heavy atom. The number of fused-ring (bicyclic) bond motifs is 1. The van der Waals surface area contributed by atoms with Gasteiger partial charge in [-0.2, -0.15) is 0 Å². The van der Waals surface area contributed by atoms with E-state index in [1.807, 2.05) is 53.4 Å². The standard InChI is InChI=1S/C28H27N7O/c36-27(23-9-7-22(8-10-23)21-5-2-1-3-6-21)35-14-11-25-24(19-35)26(32-20-31-25)33-15-17-34(18-16-33)28-29-12-4-13-30-28/h1-10,12-13,20H,11,14-19H2. The monoisotopic (exact) mass is 477 g/mol. The van der Waals surface area contributed by atoms with Crippen molar-refractivity contribution in [2.75, 3.05) is 42.5 Å². The minimum atomic E-state index is 0.0427. The van der Waals surface area contributed by atoms with Crippen molar-refractivity contribution in [1.82, 2.24) is 24.8 Å². The van der Waals surface area contributed by atoms with Gasteiger partial charge in [-0.1, -0.05) is 42.5 Å². The van der Waals surface area contributed by atoms with Crippen molar-refractivity contribution in [3.05, 3.63) is 96.2 Å². The molecule has 0 atom stereocenters. The second-order valence-electron chi connectivity index (χ2n) is 9.07. The molecule has 0 saturated carbocycles. The van der Waals surface area contributed by atoms with E-state index in [1.165, 1.54) is 0 Å². The van der Waals surface area contributed by atoms with Crippen molar-refractivity contribution in [1.29, 1.82) is 0 Å². The van der Waals surface area contributed by atoms with Crippen molar-refractivity contribution in [2.24, 2.45) is 0 Å². The molecule has 2 aliphatic rings. The zero-order chi connectivity index (χ0) is 24.3. The van der Waals surface area contributed by atoms with E-state index in [9.17, 15) is 4.79 Å². The number of hydrogen-bond donors (Lipinski definition) is 0. The maximum atomic E-state index is 13.4. The molecule has 1 fully saturated rings. The highest BCUT2D eigenvalue weighted by atomic mass is 16.2. The lowest BCUT2D eigenvalue weighted by molar-refractivity contribution is 0.0733. The summed E-state index contributed by atoms with van der Waals surface area (Å²) < 4.78 is 0. The number of aromatic nitrogens is 4. The van der Waals surface area contributed by atoms with Crippen LogP contribution in [0.5, 0.6) is 0 Å². The first kappa shape index (κ1) is 22.2. The third kappa shape index (κ3) is 4.37. The number of piperazine rings is 1. The number of carbonyl (C=O) groups excluding carboxylic acids is 1. The van der Waals surface area contributed by atoms with Crippen LogP contribution in [0.25, 0.3) is 11.1 Å². The lowest BCUT2D eigenvalue weighted by Crippen LogP contribution is -2.48. The highest BCUT2D eigenvalue weighted by molar-refractivity contribution is 5.95. The Kier molecular flexibility index (Phi) is 5.99. The molecule has 2 aliphatic heterocycles. The Balaban J connectivity index is 1.17. The van der Waals surface area contributed by atoms with Gasteiger partial charge in [0.05, 0.1) is 12.2 Å². The van der Waals surface area contributed by atoms with E-state index in [2.05, 4.69) is 41.9 Å². The van der Waals surface area contributed by atoms with E-state index >= 15 is 0 Å². The molecule has 36 heavy (non-hydrogen) atoms. The predicted octanol–water partition coefficient (Wildman–Crippen LogP) is 3.46. The van der Waals surface area contributed by atoms with E-state index in [-0.39, 0.29) is 5.91 Å². The average molecular weight is 478 g/mol. The Hall–Kier alpha value is -4.33. The van der Waals surface area contributed by atoms with Crippen LogP contribution in [0.3, 0.4) is 0 Å². The molecular weight excluding hydrogens is 450 g/mol. The van der Waals surface area contributed by atoms with Crippen LogP contribution in [-0.4, -0.2) is 63.5 Å². The van der Waals surface area contributed by atoms with Crippen molar-refractivity contribution < 1.29 is 4.79 Å². The van der Waals surface area contributed by atoms with Gasteiger partial charge in [-0.05, 0) is 29.3 Å². The van der Waals surface area contributed by atoms with Gasteiger partial charge in [0.25, 0.3) is 5.91 Å². The fourth-order valence-corrected chi connectivity index (χ4v) is 4.96. The topological polar surface area (TPSA) is 78.4 Å². The molecule has 0 unspecified atom stereocenters. The first-order chi connectivity index (χ1) is 17.8. The summed E-state index contributed by atoms with van der Waals surface area (Å²) in [6, 6.07) is 19.9. The van der Waals surface area contributed by atoms with E-state index < -0.39 is 0 Å². The lowest BCUT2D eigenvalue weighted by Gasteiger charge is -2.37. The number of amides is 1. The average Bonchev–Trinajstić information content (AvgIpc) is 2.97. The van der Waals surface area contributed by atoms with Crippen LogP contribution in [0.1, 0.15) is 21.6 Å². The predicted molar refractivity (Wildman–Crippen MR) is 139 cm³/mol. The Morgan fingerprint density at radius 3 is 2.14 bits per heavy atom. The van der Waals surface area contributed by atoms with Crippen LogP contribution in [0, 0.1) is 0 Å². The number of hydrogen-bond acceptors (Lipinski definition) is 7. The Bertz CT molecular complexity index is 1340. The molecular formula is C28H27N7O. The zero-order valence-electron chi connectivity index (χ0n) is 20.0. The van der Waals surface area contributed by atoms with Crippen LogP contribution >= 0.6 is 0 Å². The quantitative estimate of drug-likeness (QED) is 0.445. The molecule has 8 nitrogen and oxygen atoms in total. The fourth-order valence-electron chi connectivity index (χ4n) is 4.96. The highest BCUT2D eigenvalue weighted by Crippen LogP contribution is 2.28. The van der Waals surface area contributed by atoms with Gasteiger partial charge in [-0.15, -0.1) is 0 Å². The second-order valence-corrected chi connectivity index (χ2v) is 9.07. The third-order valence-electron chi connectivity index (χ3n) is 6.92. The molecule has 0 aliphatic carbocycles. The van der Waals surface area contributed by atoms with Gasteiger partial charge in [0, 0.05) is 62.7 Å². The fraction of sp³-hybridized carbons (Fsp3) is 0.250. The summed E-state index contributed by atoms with van der Waals surface area (Å²) in [7, 11) is 0. The van der Waals surface area contributed by atoms with Crippen molar-refractivity contribution in [3.63, 3.8) is 0 Å². The highest BCUT2D eigenvalue weighted by Gasteiger charge is 2.29. The number of carbonyl (C=O) groups is 1. The van der Waals surface area contributed by atoms with Crippen molar-refractivity contribution in [2.45, 2.75) is 13.0 Å². The molecule has 0 radical (unpaired) electrons. The summed E-state index contributed by atoms with van der Waals surface area (Å²) in [5.41, 5.74) is 5.05. The normalized spacial score (nSPS) is 15.5. The molecule has 1 saturated heterocycles. The van der Waals surface area contributed by atoms with Gasteiger partial charge in [0.2, 0.25) is 5.95 Å². The molecule has 180 valence electrons. The van der Waals surface area contributed by atoms with Gasteiger partial charge in [-0.25, -0.2) is 19.9 Å². The van der Waals surface area contributed by atoms with E-state index in [0.29, 0.717) is 18.7 Å². The first-order valence-electron chi connectivity index (χ1n) is 12.3. The summed E-state index contributed by atoms with van der Waals surface area (Å²) >= 11 is 0. The number of anilines is 2. The van der Waals surface area contributed by atoms with Gasteiger partial charge in [0.15, 0.2) is 0 Å². The van der Waals surface area contributed by atoms with Crippen LogP contribution in [0.15, 0.2) is 79.4 Å². The van der Waals surface area contributed by atoms with Gasteiger partial charge >= 0.3 is 0 Å². The number of nitrogens with zero attached hydrogens (tertiary/aromatic N) is 7. The molecule has 6 rings (SSSR count). The number of benzene rings is 2. The minimum absolute atomic E-state index is 0.0427. The van der Waals surface area contributed by atoms with Crippen LogP contribution in [0.2, 0.25) is 0 Å². The summed E-state index contributed by atoms with van der Waals surface area (Å²) in [4.78, 5) is 37.8. The first-order valence-corrected chi connectivity index (χ1v) is 12.3. The van der Waals surface area contributed by atoms with E-state index in [4.69, 9.17) is 0 Å². The molecule has 0 N–H and O–H groups in total. The van der Waals surface area contributed by atoms with Gasteiger partial charge < -0.3 is 14.7 Å². The van der Waals surface area contributed by atoms with Crippen molar-refractivity contribution in [3.8, 4) is 11.1 Å². The summed E-state index contributed by atoms with van der Waals surface area (Å²) in [6.45, 7) is 4.44. The molecule has 4 heterocycles. The molecule has 4 aromatic rings. The SMILES string of the molecule is O=C(c1ccc(-c2ccccc2)cc1)N1CCc2ncnc(N3CCN(c4ncccn4)CC3)c2C1. The molecule has 2 aromatic carbocycles. The lowest BCUT2D eigenvalue weighted by atomic mass is 10.0. The van der Waals surface area contributed by atoms with Crippen molar-refractivity contribution >= 4 is 17.7 Å². The molecule has 0 bridgehead atoms. The van der Waals surface area contributed by atoms with Crippen LogP contribution in [-0.2, 0) is 13.0 Å². The third-order valence-corrected chi connectivity index (χ3v) is 6.92. The van der Waals surface area contributed by atoms with E-state index in [1.54, 1.807) is 18.7 Å². The van der Waals surface area contributed by atoms with Gasteiger partial charge in [0.1, 0.15) is 12.1 Å². The van der Waals surface area contributed by atoms with Gasteiger partial charge in [-0.3, -0.25) is 4.79 Å². The Morgan fingerprint density at radius 1 is 0.694 bits per heavy atom. The minimum Gasteiger partial charge on any atom is -0.353 e.